The Bertz CT molecular complexity index is 2010. The third-order valence-corrected chi connectivity index (χ3v) is 8.43. The minimum Gasteiger partial charge on any atom is -0.497 e. The summed E-state index contributed by atoms with van der Waals surface area (Å²) in [6.07, 6.45) is 4.65. The molecular formula is C35H37FN8O6. The number of carbonyl (C=O) groups is 2. The van der Waals surface area contributed by atoms with E-state index >= 15 is 0 Å². The van der Waals surface area contributed by atoms with Crippen LogP contribution in [0.15, 0.2) is 90.2 Å². The van der Waals surface area contributed by atoms with Crippen molar-refractivity contribution in [3.8, 4) is 11.5 Å². The van der Waals surface area contributed by atoms with E-state index < -0.39 is 24.0 Å². The van der Waals surface area contributed by atoms with Gasteiger partial charge in [-0.25, -0.2) is 28.6 Å². The largest absolute Gasteiger partial charge is 0.497 e. The zero-order valence-corrected chi connectivity index (χ0v) is 27.9. The van der Waals surface area contributed by atoms with Crippen LogP contribution in [0, 0.1) is 5.82 Å². The molecule has 1 unspecified atom stereocenters. The molecule has 1 N–H and O–H groups in total. The summed E-state index contributed by atoms with van der Waals surface area (Å²) in [6.45, 7) is 3.60. The molecule has 1 aliphatic heterocycles. The molecule has 3 aromatic carbocycles. The topological polar surface area (TPSA) is 136 Å². The number of anilines is 2. The lowest BCUT2D eigenvalue weighted by Gasteiger charge is -2.38. The molecule has 15 heteroatoms. The van der Waals surface area contributed by atoms with Crippen molar-refractivity contribution in [2.24, 2.45) is 0 Å². The van der Waals surface area contributed by atoms with Gasteiger partial charge in [0.15, 0.2) is 5.82 Å². The van der Waals surface area contributed by atoms with Gasteiger partial charge in [-0.1, -0.05) is 12.1 Å². The highest BCUT2D eigenvalue weighted by Gasteiger charge is 2.33. The number of aromatic nitrogens is 4. The number of urea groups is 1. The van der Waals surface area contributed by atoms with Gasteiger partial charge in [0.2, 0.25) is 0 Å². The minimum atomic E-state index is -0.860. The predicted molar refractivity (Wildman–Crippen MR) is 185 cm³/mol. The Labute approximate surface area is 287 Å². The molecule has 50 heavy (non-hydrogen) atoms. The van der Waals surface area contributed by atoms with E-state index in [2.05, 4.69) is 10.3 Å². The number of imidazole rings is 1. The van der Waals surface area contributed by atoms with Crippen molar-refractivity contribution < 1.29 is 28.2 Å². The molecule has 6 rings (SSSR count). The first kappa shape index (κ1) is 33.8. The molecule has 0 spiro atoms. The van der Waals surface area contributed by atoms with Gasteiger partial charge < -0.3 is 34.0 Å². The van der Waals surface area contributed by atoms with Gasteiger partial charge in [-0.05, 0) is 55.5 Å². The van der Waals surface area contributed by atoms with Crippen LogP contribution in [0.2, 0.25) is 0 Å². The lowest BCUT2D eigenvalue weighted by atomic mass is 10.1. The molecular weight excluding hydrogens is 647 g/mol. The van der Waals surface area contributed by atoms with Crippen LogP contribution in [0.4, 0.5) is 25.4 Å². The van der Waals surface area contributed by atoms with E-state index in [0.29, 0.717) is 53.4 Å². The molecule has 1 atom stereocenters. The van der Waals surface area contributed by atoms with E-state index in [1.54, 1.807) is 73.0 Å². The molecule has 1 fully saturated rings. The number of halogens is 1. The molecule has 260 valence electrons. The smallest absolute Gasteiger partial charge is 0.409 e. The van der Waals surface area contributed by atoms with E-state index in [1.165, 1.54) is 48.1 Å². The summed E-state index contributed by atoms with van der Waals surface area (Å²) in [5, 5.41) is 5.06. The number of rotatable bonds is 10. The van der Waals surface area contributed by atoms with Crippen molar-refractivity contribution in [1.82, 2.24) is 24.1 Å². The summed E-state index contributed by atoms with van der Waals surface area (Å²) < 4.78 is 33.6. The number of ether oxygens (including phenoxy) is 3. The van der Waals surface area contributed by atoms with Gasteiger partial charge in [0, 0.05) is 37.2 Å². The normalized spacial score (nSPS) is 13.5. The van der Waals surface area contributed by atoms with Gasteiger partial charge in [0.1, 0.15) is 23.9 Å². The van der Waals surface area contributed by atoms with Gasteiger partial charge in [-0.15, -0.1) is 0 Å². The predicted octanol–water partition coefficient (Wildman–Crippen LogP) is 4.64. The summed E-state index contributed by atoms with van der Waals surface area (Å²) in [4.78, 5) is 53.3. The highest BCUT2D eigenvalue weighted by molar-refractivity contribution is 6.03. The molecule has 2 aromatic heterocycles. The average molecular weight is 685 g/mol. The quantitative estimate of drug-likeness (QED) is 0.223. The summed E-state index contributed by atoms with van der Waals surface area (Å²) >= 11 is 0. The minimum absolute atomic E-state index is 0.190. The summed E-state index contributed by atoms with van der Waals surface area (Å²) in [7, 11) is 3.00. The van der Waals surface area contributed by atoms with Crippen LogP contribution in [-0.4, -0.2) is 83.2 Å². The number of nitrogens with zero attached hydrogens (tertiary/aromatic N) is 7. The van der Waals surface area contributed by atoms with Gasteiger partial charge in [0.05, 0.1) is 62.8 Å². The Morgan fingerprint density at radius 2 is 1.76 bits per heavy atom. The van der Waals surface area contributed by atoms with Crippen molar-refractivity contribution in [2.45, 2.75) is 19.5 Å². The fourth-order valence-electron chi connectivity index (χ4n) is 5.82. The molecule has 0 saturated carbocycles. The number of nitrogens with one attached hydrogen (secondary N) is 1. The number of fused-ring (bicyclic) bond motifs is 1. The van der Waals surface area contributed by atoms with Gasteiger partial charge >= 0.3 is 12.1 Å². The number of hydrogen-bond donors (Lipinski definition) is 1. The first-order valence-electron chi connectivity index (χ1n) is 16.0. The second-order valence-corrected chi connectivity index (χ2v) is 11.5. The molecule has 0 aliphatic carbocycles. The van der Waals surface area contributed by atoms with Gasteiger partial charge in [-0.2, -0.15) is 0 Å². The van der Waals surface area contributed by atoms with Crippen molar-refractivity contribution in [3.63, 3.8) is 0 Å². The Kier molecular flexibility index (Phi) is 10.1. The monoisotopic (exact) mass is 684 g/mol. The number of methoxy groups -OCH3 is 2. The van der Waals surface area contributed by atoms with E-state index in [-0.39, 0.29) is 31.1 Å². The zero-order chi connectivity index (χ0) is 35.2. The van der Waals surface area contributed by atoms with E-state index in [0.717, 1.165) is 0 Å². The molecule has 0 radical (unpaired) electrons. The highest BCUT2D eigenvalue weighted by atomic mass is 19.1. The molecule has 0 bridgehead atoms. The molecule has 5 aromatic rings. The van der Waals surface area contributed by atoms with Crippen molar-refractivity contribution >= 4 is 34.4 Å². The molecule has 1 aliphatic rings. The maximum Gasteiger partial charge on any atom is 0.409 e. The average Bonchev–Trinajstić information content (AvgIpc) is 3.66. The van der Waals surface area contributed by atoms with Crippen LogP contribution in [-0.2, 0) is 11.3 Å². The maximum absolute atomic E-state index is 14.3. The zero-order valence-electron chi connectivity index (χ0n) is 27.9. The van der Waals surface area contributed by atoms with Crippen LogP contribution in [0.5, 0.6) is 11.5 Å². The van der Waals surface area contributed by atoms with E-state index in [1.807, 2.05) is 9.58 Å². The third-order valence-electron chi connectivity index (χ3n) is 8.43. The lowest BCUT2D eigenvalue weighted by molar-refractivity contribution is 0.0948. The number of para-hydroxylation sites is 1. The molecule has 3 amide bonds. The Hall–Kier alpha value is -6.12. The van der Waals surface area contributed by atoms with Crippen LogP contribution in [0.3, 0.4) is 0 Å². The fourth-order valence-corrected chi connectivity index (χ4v) is 5.82. The summed E-state index contributed by atoms with van der Waals surface area (Å²) in [5.74, 6) is 0.672. The lowest BCUT2D eigenvalue weighted by Crippen LogP contribution is -2.57. The standard InChI is InChI=1S/C35H37FN8O6/c1-24(43(30-13-12-27(48-2)22-31(30)49-3)34(46)38-26-10-8-25(36)9-11-26)32-39-29-7-5-4-6-28(29)33(45)44(32)42-18-16-41(17-19-42)35(47)50-21-20-40-15-14-37-23-40/h4-15,22-24H,16-21H2,1-3H3,(H,38,46). The summed E-state index contributed by atoms with van der Waals surface area (Å²) in [6, 6.07) is 16.0. The molecule has 1 saturated heterocycles. The number of benzene rings is 3. The Morgan fingerprint density at radius 3 is 2.46 bits per heavy atom. The Balaban J connectivity index is 1.34. The third kappa shape index (κ3) is 7.16. The van der Waals surface area contributed by atoms with E-state index in [4.69, 9.17) is 19.2 Å². The van der Waals surface area contributed by atoms with E-state index in [9.17, 15) is 18.8 Å². The van der Waals surface area contributed by atoms with Crippen molar-refractivity contribution in [1.29, 1.82) is 0 Å². The maximum atomic E-state index is 14.3. The number of carbonyl (C=O) groups excluding carboxylic acids is 2. The second kappa shape index (κ2) is 15.0. The highest BCUT2D eigenvalue weighted by Crippen LogP contribution is 2.37. The first-order valence-corrected chi connectivity index (χ1v) is 16.0. The fraction of sp³-hybridized carbons (Fsp3) is 0.286. The second-order valence-electron chi connectivity index (χ2n) is 11.5. The van der Waals surface area contributed by atoms with Crippen LogP contribution in [0.1, 0.15) is 18.8 Å². The number of amides is 3. The first-order chi connectivity index (χ1) is 24.3. The van der Waals surface area contributed by atoms with Crippen molar-refractivity contribution in [2.75, 3.05) is 62.2 Å². The number of hydrogen-bond acceptors (Lipinski definition) is 9. The Morgan fingerprint density at radius 1 is 1.00 bits per heavy atom. The van der Waals surface area contributed by atoms with Crippen molar-refractivity contribution in [3.05, 3.63) is 107 Å². The van der Waals surface area contributed by atoms with Gasteiger partial charge in [0.25, 0.3) is 5.56 Å². The molecule has 14 nitrogen and oxygen atoms in total. The SMILES string of the molecule is COc1ccc(N(C(=O)Nc2ccc(F)cc2)C(C)c2nc3ccccc3c(=O)n2N2CCN(C(=O)OCCn3ccnc3)CC2)c(OC)c1. The van der Waals surface area contributed by atoms with Crippen LogP contribution >= 0.6 is 0 Å². The van der Waals surface area contributed by atoms with Crippen LogP contribution < -0.4 is 30.3 Å². The molecule has 3 heterocycles. The number of piperazine rings is 1. The summed E-state index contributed by atoms with van der Waals surface area (Å²) in [5.41, 5.74) is 0.862. The van der Waals surface area contributed by atoms with Crippen LogP contribution in [0.25, 0.3) is 10.9 Å². The van der Waals surface area contributed by atoms with Gasteiger partial charge in [-0.3, -0.25) is 9.69 Å².